The second-order valence-corrected chi connectivity index (χ2v) is 6.80. The number of carbonyl (C=O) groups is 1. The first kappa shape index (κ1) is 18.7. The topological polar surface area (TPSA) is 84.1 Å². The van der Waals surface area contributed by atoms with E-state index in [4.69, 9.17) is 4.74 Å². The molecule has 1 amide bonds. The number of aromatic amines is 1. The third kappa shape index (κ3) is 4.98. The van der Waals surface area contributed by atoms with Gasteiger partial charge in [-0.05, 0) is 36.8 Å². The lowest BCUT2D eigenvalue weighted by Crippen LogP contribution is -2.12. The standard InChI is InChI=1S/C20H19N3O3S/c1-13-11-18(24)23-20(21-13)27-12-14-7-9-15(10-8-14)19(25)22-16-5-3-4-6-17(16)26-2/h3-11H,12H2,1-2H3,(H,22,25)(H,21,23,24). The van der Waals surface area contributed by atoms with E-state index in [2.05, 4.69) is 15.3 Å². The van der Waals surface area contributed by atoms with Crippen molar-refractivity contribution in [2.45, 2.75) is 17.8 Å². The zero-order chi connectivity index (χ0) is 19.2. The number of hydrogen-bond donors (Lipinski definition) is 2. The number of rotatable bonds is 6. The second kappa shape index (κ2) is 8.55. The van der Waals surface area contributed by atoms with E-state index in [0.29, 0.717) is 33.6 Å². The van der Waals surface area contributed by atoms with E-state index in [1.54, 1.807) is 38.3 Å². The second-order valence-electron chi connectivity index (χ2n) is 5.83. The number of ether oxygens (including phenoxy) is 1. The minimum absolute atomic E-state index is 0.159. The van der Waals surface area contributed by atoms with Crippen molar-refractivity contribution in [1.82, 2.24) is 9.97 Å². The number of thioether (sulfide) groups is 1. The summed E-state index contributed by atoms with van der Waals surface area (Å²) in [5.41, 5.74) is 2.73. The molecule has 0 saturated heterocycles. The Kier molecular flexibility index (Phi) is 5.93. The van der Waals surface area contributed by atoms with Gasteiger partial charge in [-0.15, -0.1) is 0 Å². The molecule has 0 spiro atoms. The Hall–Kier alpha value is -3.06. The van der Waals surface area contributed by atoms with Crippen molar-refractivity contribution >= 4 is 23.4 Å². The lowest BCUT2D eigenvalue weighted by Gasteiger charge is -2.10. The van der Waals surface area contributed by atoms with Crippen molar-refractivity contribution in [3.05, 3.63) is 81.8 Å². The summed E-state index contributed by atoms with van der Waals surface area (Å²) in [7, 11) is 1.56. The molecule has 0 saturated carbocycles. The number of aryl methyl sites for hydroxylation is 1. The van der Waals surface area contributed by atoms with Crippen LogP contribution in [0.2, 0.25) is 0 Å². The Morgan fingerprint density at radius 3 is 2.63 bits per heavy atom. The molecular weight excluding hydrogens is 362 g/mol. The summed E-state index contributed by atoms with van der Waals surface area (Å²) in [4.78, 5) is 30.9. The Morgan fingerprint density at radius 2 is 1.93 bits per heavy atom. The molecule has 0 fully saturated rings. The molecule has 7 heteroatoms. The first-order valence-electron chi connectivity index (χ1n) is 8.29. The summed E-state index contributed by atoms with van der Waals surface area (Å²) in [5.74, 6) is 1.04. The summed E-state index contributed by atoms with van der Waals surface area (Å²) in [6.07, 6.45) is 0. The van der Waals surface area contributed by atoms with Gasteiger partial charge in [0.25, 0.3) is 11.5 Å². The van der Waals surface area contributed by atoms with Crippen LogP contribution in [0.5, 0.6) is 5.75 Å². The number of aromatic nitrogens is 2. The molecule has 3 aromatic rings. The van der Waals surface area contributed by atoms with Crippen LogP contribution in [0, 0.1) is 6.92 Å². The first-order chi connectivity index (χ1) is 13.0. The average molecular weight is 381 g/mol. The molecule has 0 aliphatic heterocycles. The molecule has 0 radical (unpaired) electrons. The lowest BCUT2D eigenvalue weighted by molar-refractivity contribution is 0.102. The number of nitrogens with zero attached hydrogens (tertiary/aromatic N) is 1. The van der Waals surface area contributed by atoms with Crippen molar-refractivity contribution in [1.29, 1.82) is 0 Å². The molecule has 0 atom stereocenters. The number of para-hydroxylation sites is 2. The minimum atomic E-state index is -0.205. The van der Waals surface area contributed by atoms with Crippen LogP contribution in [0.1, 0.15) is 21.6 Å². The number of carbonyl (C=O) groups excluding carboxylic acids is 1. The van der Waals surface area contributed by atoms with E-state index >= 15 is 0 Å². The Morgan fingerprint density at radius 1 is 1.19 bits per heavy atom. The SMILES string of the molecule is COc1ccccc1NC(=O)c1ccc(CSc2nc(C)cc(=O)[nH]2)cc1. The minimum Gasteiger partial charge on any atom is -0.495 e. The highest BCUT2D eigenvalue weighted by Crippen LogP contribution is 2.24. The number of nitrogens with one attached hydrogen (secondary N) is 2. The predicted molar refractivity (Wildman–Crippen MR) is 107 cm³/mol. The largest absolute Gasteiger partial charge is 0.495 e. The number of hydrogen-bond acceptors (Lipinski definition) is 5. The molecule has 1 heterocycles. The Balaban J connectivity index is 1.64. The molecular formula is C20H19N3O3S. The number of benzene rings is 2. The Bertz CT molecular complexity index is 1000. The van der Waals surface area contributed by atoms with E-state index < -0.39 is 0 Å². The van der Waals surface area contributed by atoms with E-state index in [1.165, 1.54) is 17.8 Å². The molecule has 2 aromatic carbocycles. The lowest BCUT2D eigenvalue weighted by atomic mass is 10.1. The summed E-state index contributed by atoms with van der Waals surface area (Å²) in [6.45, 7) is 1.79. The van der Waals surface area contributed by atoms with Crippen LogP contribution in [0.15, 0.2) is 64.5 Å². The zero-order valence-electron chi connectivity index (χ0n) is 15.0. The normalized spacial score (nSPS) is 10.4. The molecule has 0 unspecified atom stereocenters. The summed E-state index contributed by atoms with van der Waals surface area (Å²) >= 11 is 1.44. The maximum atomic E-state index is 12.4. The van der Waals surface area contributed by atoms with Gasteiger partial charge in [-0.3, -0.25) is 9.59 Å². The highest BCUT2D eigenvalue weighted by Gasteiger charge is 2.09. The van der Waals surface area contributed by atoms with Gasteiger partial charge in [0, 0.05) is 23.1 Å². The van der Waals surface area contributed by atoms with Gasteiger partial charge in [-0.2, -0.15) is 0 Å². The van der Waals surface area contributed by atoms with Crippen molar-refractivity contribution in [3.63, 3.8) is 0 Å². The van der Waals surface area contributed by atoms with Crippen LogP contribution in [-0.4, -0.2) is 23.0 Å². The Labute approximate surface area is 161 Å². The summed E-state index contributed by atoms with van der Waals surface area (Å²) in [5, 5.41) is 3.43. The number of anilines is 1. The molecule has 138 valence electrons. The molecule has 6 nitrogen and oxygen atoms in total. The van der Waals surface area contributed by atoms with Crippen molar-refractivity contribution in [3.8, 4) is 5.75 Å². The molecule has 27 heavy (non-hydrogen) atoms. The quantitative estimate of drug-likeness (QED) is 0.503. The molecule has 3 rings (SSSR count). The fourth-order valence-corrected chi connectivity index (χ4v) is 3.34. The fourth-order valence-electron chi connectivity index (χ4n) is 2.47. The van der Waals surface area contributed by atoms with E-state index in [0.717, 1.165) is 5.56 Å². The van der Waals surface area contributed by atoms with Gasteiger partial charge in [-0.1, -0.05) is 36.0 Å². The van der Waals surface area contributed by atoms with Gasteiger partial charge in [0.1, 0.15) is 5.75 Å². The van der Waals surface area contributed by atoms with Gasteiger partial charge in [-0.25, -0.2) is 4.98 Å². The molecule has 2 N–H and O–H groups in total. The van der Waals surface area contributed by atoms with Crippen LogP contribution < -0.4 is 15.6 Å². The van der Waals surface area contributed by atoms with E-state index in [-0.39, 0.29) is 11.5 Å². The van der Waals surface area contributed by atoms with Gasteiger partial charge in [0.05, 0.1) is 12.8 Å². The molecule has 0 bridgehead atoms. The van der Waals surface area contributed by atoms with Gasteiger partial charge in [0.15, 0.2) is 5.16 Å². The van der Waals surface area contributed by atoms with Crippen LogP contribution >= 0.6 is 11.8 Å². The highest BCUT2D eigenvalue weighted by molar-refractivity contribution is 7.98. The summed E-state index contributed by atoms with van der Waals surface area (Å²) < 4.78 is 5.24. The predicted octanol–water partition coefficient (Wildman–Crippen LogP) is 3.63. The maximum Gasteiger partial charge on any atom is 0.255 e. The molecule has 0 aliphatic rings. The number of amides is 1. The highest BCUT2D eigenvalue weighted by atomic mass is 32.2. The van der Waals surface area contributed by atoms with Crippen LogP contribution in [0.4, 0.5) is 5.69 Å². The summed E-state index contributed by atoms with van der Waals surface area (Å²) in [6, 6.07) is 16.0. The molecule has 0 aliphatic carbocycles. The van der Waals surface area contributed by atoms with Crippen LogP contribution in [0.3, 0.4) is 0 Å². The van der Waals surface area contributed by atoms with Crippen LogP contribution in [-0.2, 0) is 5.75 Å². The third-order valence-corrected chi connectivity index (χ3v) is 4.74. The fraction of sp³-hybridized carbons (Fsp3) is 0.150. The third-order valence-electron chi connectivity index (χ3n) is 3.79. The monoisotopic (exact) mass is 381 g/mol. The van der Waals surface area contributed by atoms with Gasteiger partial charge >= 0.3 is 0 Å². The van der Waals surface area contributed by atoms with Gasteiger partial charge < -0.3 is 15.0 Å². The van der Waals surface area contributed by atoms with Crippen molar-refractivity contribution < 1.29 is 9.53 Å². The van der Waals surface area contributed by atoms with Crippen molar-refractivity contribution in [2.75, 3.05) is 12.4 Å². The molecule has 1 aromatic heterocycles. The van der Waals surface area contributed by atoms with Crippen molar-refractivity contribution in [2.24, 2.45) is 0 Å². The number of H-pyrrole nitrogens is 1. The van der Waals surface area contributed by atoms with Gasteiger partial charge in [0.2, 0.25) is 0 Å². The average Bonchev–Trinajstić information content (AvgIpc) is 2.66. The maximum absolute atomic E-state index is 12.4. The zero-order valence-corrected chi connectivity index (χ0v) is 15.8. The van der Waals surface area contributed by atoms with E-state index in [9.17, 15) is 9.59 Å². The number of methoxy groups -OCH3 is 1. The smallest absolute Gasteiger partial charge is 0.255 e. The van der Waals surface area contributed by atoms with Crippen LogP contribution in [0.25, 0.3) is 0 Å². The first-order valence-corrected chi connectivity index (χ1v) is 9.28. The van der Waals surface area contributed by atoms with E-state index in [1.807, 2.05) is 24.3 Å².